The number of carbonyl (C=O) groups excluding carboxylic acids is 3. The molecule has 0 bridgehead atoms. The van der Waals surface area contributed by atoms with Crippen molar-refractivity contribution in [1.29, 1.82) is 0 Å². The van der Waals surface area contributed by atoms with E-state index in [1.54, 1.807) is 54.6 Å². The molecule has 0 N–H and O–H groups in total. The number of ether oxygens (including phenoxy) is 4. The molecule has 152 valence electrons. The number of carbonyl (C=O) groups is 3. The molecule has 2 aromatic carbocycles. The predicted molar refractivity (Wildman–Crippen MR) is 102 cm³/mol. The summed E-state index contributed by atoms with van der Waals surface area (Å²) in [7, 11) is 0. The number of hydrogen-bond acceptors (Lipinski definition) is 7. The van der Waals surface area contributed by atoms with Gasteiger partial charge in [-0.1, -0.05) is 36.4 Å². The van der Waals surface area contributed by atoms with Gasteiger partial charge in [-0.25, -0.2) is 9.59 Å². The molecule has 1 unspecified atom stereocenters. The van der Waals surface area contributed by atoms with E-state index in [0.717, 1.165) is 0 Å². The van der Waals surface area contributed by atoms with Gasteiger partial charge in [0.2, 0.25) is 6.29 Å². The van der Waals surface area contributed by atoms with Gasteiger partial charge in [0.05, 0.1) is 23.1 Å². The van der Waals surface area contributed by atoms with E-state index in [-0.39, 0.29) is 19.1 Å². The summed E-state index contributed by atoms with van der Waals surface area (Å²) in [6.45, 7) is 1.31. The Morgan fingerprint density at radius 1 is 0.862 bits per heavy atom. The Balaban J connectivity index is 1.54. The molecule has 29 heavy (non-hydrogen) atoms. The highest BCUT2D eigenvalue weighted by atomic mass is 16.7. The Morgan fingerprint density at radius 3 is 1.90 bits per heavy atom. The average Bonchev–Trinajstić information content (AvgIpc) is 3.12. The van der Waals surface area contributed by atoms with E-state index in [9.17, 15) is 14.4 Å². The summed E-state index contributed by atoms with van der Waals surface area (Å²) in [5.74, 6) is -1.79. The molecule has 3 rings (SSSR count). The average molecular weight is 398 g/mol. The van der Waals surface area contributed by atoms with Crippen molar-refractivity contribution in [2.45, 2.75) is 25.7 Å². The van der Waals surface area contributed by atoms with Crippen molar-refractivity contribution in [2.24, 2.45) is 5.92 Å². The SMILES string of the molecule is CC(=O)OC1O[C@@H](COC(=O)c2ccccc2)C[C@H]1COC(=O)c1ccccc1. The van der Waals surface area contributed by atoms with Gasteiger partial charge in [-0.2, -0.15) is 0 Å². The third-order valence-corrected chi connectivity index (χ3v) is 4.41. The van der Waals surface area contributed by atoms with Crippen LogP contribution in [0.15, 0.2) is 60.7 Å². The van der Waals surface area contributed by atoms with Crippen molar-refractivity contribution in [1.82, 2.24) is 0 Å². The maximum Gasteiger partial charge on any atom is 0.338 e. The number of benzene rings is 2. The normalized spacial score (nSPS) is 20.7. The fourth-order valence-corrected chi connectivity index (χ4v) is 3.01. The second-order valence-electron chi connectivity index (χ2n) is 6.66. The quantitative estimate of drug-likeness (QED) is 0.523. The lowest BCUT2D eigenvalue weighted by Crippen LogP contribution is -2.27. The highest BCUT2D eigenvalue weighted by Crippen LogP contribution is 2.28. The molecule has 1 heterocycles. The zero-order valence-corrected chi connectivity index (χ0v) is 16.0. The van der Waals surface area contributed by atoms with E-state index < -0.39 is 30.3 Å². The summed E-state index contributed by atoms with van der Waals surface area (Å²) in [6.07, 6.45) is -0.911. The standard InChI is InChI=1S/C22H22O7/c1-15(23)28-22-18(13-26-20(24)16-8-4-2-5-9-16)12-19(29-22)14-27-21(25)17-10-6-3-7-11-17/h2-11,18-19,22H,12-14H2,1H3/t18-,19+,22?/m0/s1. The molecule has 2 aromatic rings. The molecule has 0 amide bonds. The van der Waals surface area contributed by atoms with Gasteiger partial charge < -0.3 is 18.9 Å². The van der Waals surface area contributed by atoms with Crippen LogP contribution < -0.4 is 0 Å². The molecule has 7 heteroatoms. The minimum atomic E-state index is -0.864. The van der Waals surface area contributed by atoms with Crippen LogP contribution in [0.1, 0.15) is 34.1 Å². The fraction of sp³-hybridized carbons (Fsp3) is 0.318. The molecular weight excluding hydrogens is 376 g/mol. The summed E-state index contributed by atoms with van der Waals surface area (Å²) in [6, 6.07) is 17.2. The summed E-state index contributed by atoms with van der Waals surface area (Å²) in [5, 5.41) is 0. The van der Waals surface area contributed by atoms with Gasteiger partial charge in [-0.15, -0.1) is 0 Å². The summed E-state index contributed by atoms with van der Waals surface area (Å²) < 4.78 is 21.5. The molecule has 3 atom stereocenters. The van der Waals surface area contributed by atoms with Crippen LogP contribution in [0.25, 0.3) is 0 Å². The Morgan fingerprint density at radius 2 is 1.38 bits per heavy atom. The zero-order chi connectivity index (χ0) is 20.6. The number of hydrogen-bond donors (Lipinski definition) is 0. The lowest BCUT2D eigenvalue weighted by Gasteiger charge is -2.18. The second-order valence-corrected chi connectivity index (χ2v) is 6.66. The third kappa shape index (κ3) is 5.89. The summed E-state index contributed by atoms with van der Waals surface area (Å²) >= 11 is 0. The number of esters is 3. The zero-order valence-electron chi connectivity index (χ0n) is 16.0. The lowest BCUT2D eigenvalue weighted by atomic mass is 10.1. The Kier molecular flexibility index (Phi) is 6.97. The fourth-order valence-electron chi connectivity index (χ4n) is 3.01. The number of rotatable bonds is 7. The van der Waals surface area contributed by atoms with Crippen LogP contribution >= 0.6 is 0 Å². The minimum absolute atomic E-state index is 0.00856. The lowest BCUT2D eigenvalue weighted by molar-refractivity contribution is -0.182. The molecular formula is C22H22O7. The van der Waals surface area contributed by atoms with E-state index in [1.165, 1.54) is 6.92 Å². The first-order valence-corrected chi connectivity index (χ1v) is 9.30. The van der Waals surface area contributed by atoms with Gasteiger partial charge in [0, 0.05) is 6.92 Å². The van der Waals surface area contributed by atoms with Crippen molar-refractivity contribution >= 4 is 17.9 Å². The molecule has 1 fully saturated rings. The summed E-state index contributed by atoms with van der Waals surface area (Å²) in [4.78, 5) is 35.6. The van der Waals surface area contributed by atoms with Crippen LogP contribution in [0.3, 0.4) is 0 Å². The van der Waals surface area contributed by atoms with Crippen molar-refractivity contribution in [3.8, 4) is 0 Å². The molecule has 0 saturated carbocycles. The van der Waals surface area contributed by atoms with Gasteiger partial charge in [0.1, 0.15) is 13.2 Å². The van der Waals surface area contributed by atoms with Crippen LogP contribution in [-0.2, 0) is 23.7 Å². The van der Waals surface area contributed by atoms with Crippen LogP contribution in [0.4, 0.5) is 0 Å². The largest absolute Gasteiger partial charge is 0.462 e. The Labute approximate surface area is 168 Å². The van der Waals surface area contributed by atoms with E-state index in [4.69, 9.17) is 18.9 Å². The highest BCUT2D eigenvalue weighted by molar-refractivity contribution is 5.89. The molecule has 1 aliphatic heterocycles. The smallest absolute Gasteiger partial charge is 0.338 e. The third-order valence-electron chi connectivity index (χ3n) is 4.41. The first-order chi connectivity index (χ1) is 14.0. The summed E-state index contributed by atoms with van der Waals surface area (Å²) in [5.41, 5.74) is 0.874. The van der Waals surface area contributed by atoms with E-state index in [0.29, 0.717) is 17.5 Å². The van der Waals surface area contributed by atoms with Crippen LogP contribution in [0, 0.1) is 5.92 Å². The minimum Gasteiger partial charge on any atom is -0.462 e. The van der Waals surface area contributed by atoms with Gasteiger partial charge in [-0.3, -0.25) is 4.79 Å². The molecule has 0 radical (unpaired) electrons. The molecule has 7 nitrogen and oxygen atoms in total. The van der Waals surface area contributed by atoms with Gasteiger partial charge in [-0.05, 0) is 30.7 Å². The van der Waals surface area contributed by atoms with Crippen molar-refractivity contribution < 1.29 is 33.3 Å². The van der Waals surface area contributed by atoms with Gasteiger partial charge in [0.15, 0.2) is 0 Å². The van der Waals surface area contributed by atoms with E-state index >= 15 is 0 Å². The van der Waals surface area contributed by atoms with Crippen LogP contribution in [0.2, 0.25) is 0 Å². The van der Waals surface area contributed by atoms with Crippen molar-refractivity contribution in [3.05, 3.63) is 71.8 Å². The first-order valence-electron chi connectivity index (χ1n) is 9.30. The first kappa shape index (κ1) is 20.5. The molecule has 0 aromatic heterocycles. The van der Waals surface area contributed by atoms with Gasteiger partial charge >= 0.3 is 17.9 Å². The maximum absolute atomic E-state index is 12.1. The maximum atomic E-state index is 12.1. The second kappa shape index (κ2) is 9.84. The molecule has 1 saturated heterocycles. The monoisotopic (exact) mass is 398 g/mol. The topological polar surface area (TPSA) is 88.1 Å². The predicted octanol–water partition coefficient (Wildman–Crippen LogP) is 2.99. The molecule has 1 aliphatic rings. The van der Waals surface area contributed by atoms with Crippen LogP contribution in [-0.4, -0.2) is 43.5 Å². The Hall–Kier alpha value is -3.19. The van der Waals surface area contributed by atoms with Crippen molar-refractivity contribution in [2.75, 3.05) is 13.2 Å². The molecule has 0 aliphatic carbocycles. The molecule has 0 spiro atoms. The highest BCUT2D eigenvalue weighted by Gasteiger charge is 2.39. The van der Waals surface area contributed by atoms with Gasteiger partial charge in [0.25, 0.3) is 0 Å². The Bertz CT molecular complexity index is 835. The van der Waals surface area contributed by atoms with Crippen LogP contribution in [0.5, 0.6) is 0 Å². The van der Waals surface area contributed by atoms with Crippen molar-refractivity contribution in [3.63, 3.8) is 0 Å². The van der Waals surface area contributed by atoms with E-state index in [1.807, 2.05) is 6.07 Å². The van der Waals surface area contributed by atoms with E-state index in [2.05, 4.69) is 0 Å².